The second kappa shape index (κ2) is 6.67. The van der Waals surface area contributed by atoms with Crippen molar-refractivity contribution in [3.8, 4) is 11.3 Å². The van der Waals surface area contributed by atoms with Gasteiger partial charge in [0.25, 0.3) is 5.91 Å². The van der Waals surface area contributed by atoms with Crippen LogP contribution in [0.25, 0.3) is 22.0 Å². The molecule has 1 N–H and O–H groups in total. The highest BCUT2D eigenvalue weighted by Gasteiger charge is 2.13. The van der Waals surface area contributed by atoms with Gasteiger partial charge in [-0.1, -0.05) is 66.2 Å². The Balaban J connectivity index is 1.62. The third kappa shape index (κ3) is 3.14. The van der Waals surface area contributed by atoms with Crippen LogP contribution in [0.3, 0.4) is 0 Å². The van der Waals surface area contributed by atoms with E-state index in [-0.39, 0.29) is 5.91 Å². The van der Waals surface area contributed by atoms with Crippen LogP contribution < -0.4 is 5.32 Å². The van der Waals surface area contributed by atoms with Crippen molar-refractivity contribution in [2.75, 3.05) is 5.32 Å². The number of benzene rings is 3. The molecule has 5 heteroatoms. The number of aromatic nitrogens is 1. The van der Waals surface area contributed by atoms with E-state index in [0.717, 1.165) is 22.0 Å². The number of hydrogen-bond acceptors (Lipinski definition) is 3. The van der Waals surface area contributed by atoms with Crippen LogP contribution in [0.15, 0.2) is 72.1 Å². The zero-order valence-corrected chi connectivity index (χ0v) is 14.6. The molecule has 1 amide bonds. The molecule has 0 aliphatic carbocycles. The van der Waals surface area contributed by atoms with Gasteiger partial charge in [0.05, 0.1) is 5.69 Å². The second-order valence-electron chi connectivity index (χ2n) is 5.50. The number of nitrogens with one attached hydrogen (secondary N) is 1. The second-order valence-corrected chi connectivity index (χ2v) is 6.76. The minimum atomic E-state index is -0.170. The molecular formula is C20H13ClN2OS. The number of anilines is 1. The van der Waals surface area contributed by atoms with Crippen LogP contribution in [0.5, 0.6) is 0 Å². The average molecular weight is 365 g/mol. The average Bonchev–Trinajstić information content (AvgIpc) is 3.09. The molecule has 0 atom stereocenters. The van der Waals surface area contributed by atoms with Crippen LogP contribution in [0.1, 0.15) is 10.4 Å². The third-order valence-electron chi connectivity index (χ3n) is 3.91. The fourth-order valence-corrected chi connectivity index (χ4v) is 3.65. The summed E-state index contributed by atoms with van der Waals surface area (Å²) in [6.07, 6.45) is 0. The predicted molar refractivity (Wildman–Crippen MR) is 104 cm³/mol. The fourth-order valence-electron chi connectivity index (χ4n) is 2.71. The van der Waals surface area contributed by atoms with E-state index in [0.29, 0.717) is 15.7 Å². The van der Waals surface area contributed by atoms with Gasteiger partial charge in [0.2, 0.25) is 0 Å². The lowest BCUT2D eigenvalue weighted by atomic mass is 10.0. The minimum Gasteiger partial charge on any atom is -0.298 e. The van der Waals surface area contributed by atoms with Crippen molar-refractivity contribution in [2.24, 2.45) is 0 Å². The number of amides is 1. The van der Waals surface area contributed by atoms with Gasteiger partial charge >= 0.3 is 0 Å². The zero-order valence-electron chi connectivity index (χ0n) is 13.1. The number of carbonyl (C=O) groups excluding carboxylic acids is 1. The molecule has 4 aromatic rings. The van der Waals surface area contributed by atoms with Gasteiger partial charge in [0.1, 0.15) is 0 Å². The molecule has 0 aliphatic rings. The number of rotatable bonds is 3. The first kappa shape index (κ1) is 15.8. The van der Waals surface area contributed by atoms with E-state index >= 15 is 0 Å². The van der Waals surface area contributed by atoms with Crippen LogP contribution >= 0.6 is 22.9 Å². The summed E-state index contributed by atoms with van der Waals surface area (Å²) in [6, 6.07) is 21.0. The number of halogens is 1. The maximum atomic E-state index is 12.7. The highest BCUT2D eigenvalue weighted by atomic mass is 35.5. The van der Waals surface area contributed by atoms with Crippen LogP contribution in [-0.2, 0) is 0 Å². The summed E-state index contributed by atoms with van der Waals surface area (Å²) in [6.45, 7) is 0. The van der Waals surface area contributed by atoms with Gasteiger partial charge in [-0.05, 0) is 22.9 Å². The van der Waals surface area contributed by atoms with Crippen molar-refractivity contribution in [3.05, 3.63) is 82.7 Å². The first-order chi connectivity index (χ1) is 12.2. The first-order valence-electron chi connectivity index (χ1n) is 7.72. The Labute approximate surface area is 153 Å². The van der Waals surface area contributed by atoms with Gasteiger partial charge in [-0.25, -0.2) is 4.98 Å². The highest BCUT2D eigenvalue weighted by Crippen LogP contribution is 2.30. The molecule has 4 rings (SSSR count). The van der Waals surface area contributed by atoms with E-state index in [4.69, 9.17) is 11.6 Å². The van der Waals surface area contributed by atoms with Crippen molar-refractivity contribution >= 4 is 44.7 Å². The Morgan fingerprint density at radius 1 is 0.960 bits per heavy atom. The quantitative estimate of drug-likeness (QED) is 0.494. The minimum absolute atomic E-state index is 0.170. The van der Waals surface area contributed by atoms with E-state index in [2.05, 4.69) is 10.3 Å². The van der Waals surface area contributed by atoms with Crippen molar-refractivity contribution in [3.63, 3.8) is 0 Å². The standard InChI is InChI=1S/C20H13ClN2OS/c21-17-11-4-3-9-16(17)18-12-25-20(22-18)23-19(24)15-10-5-7-13-6-1-2-8-14(13)15/h1-12H,(H,22,23,24). The SMILES string of the molecule is O=C(Nc1nc(-c2ccccc2Cl)cs1)c1cccc2ccccc12. The molecule has 0 saturated heterocycles. The van der Waals surface area contributed by atoms with Gasteiger partial charge in [-0.15, -0.1) is 11.3 Å². The molecule has 0 spiro atoms. The molecule has 0 aliphatic heterocycles. The predicted octanol–water partition coefficient (Wildman–Crippen LogP) is 5.87. The lowest BCUT2D eigenvalue weighted by Gasteiger charge is -2.06. The Hall–Kier alpha value is -2.69. The summed E-state index contributed by atoms with van der Waals surface area (Å²) in [4.78, 5) is 17.2. The largest absolute Gasteiger partial charge is 0.298 e. The molecule has 0 bridgehead atoms. The summed E-state index contributed by atoms with van der Waals surface area (Å²) in [7, 11) is 0. The monoisotopic (exact) mass is 364 g/mol. The van der Waals surface area contributed by atoms with Crippen molar-refractivity contribution in [2.45, 2.75) is 0 Å². The summed E-state index contributed by atoms with van der Waals surface area (Å²) in [5.74, 6) is -0.170. The molecule has 25 heavy (non-hydrogen) atoms. The molecule has 0 saturated carbocycles. The van der Waals surface area contributed by atoms with Gasteiger partial charge < -0.3 is 0 Å². The molecule has 3 aromatic carbocycles. The normalized spacial score (nSPS) is 10.8. The molecular weight excluding hydrogens is 352 g/mol. The maximum Gasteiger partial charge on any atom is 0.258 e. The lowest BCUT2D eigenvalue weighted by molar-refractivity contribution is 0.102. The zero-order chi connectivity index (χ0) is 17.2. The van der Waals surface area contributed by atoms with E-state index in [1.807, 2.05) is 72.1 Å². The molecule has 1 aromatic heterocycles. The molecule has 0 unspecified atom stereocenters. The molecule has 1 heterocycles. The number of hydrogen-bond donors (Lipinski definition) is 1. The van der Waals surface area contributed by atoms with Crippen LogP contribution in [0.2, 0.25) is 5.02 Å². The van der Waals surface area contributed by atoms with Crippen LogP contribution in [0.4, 0.5) is 5.13 Å². The Morgan fingerprint density at radius 2 is 1.72 bits per heavy atom. The first-order valence-corrected chi connectivity index (χ1v) is 8.98. The maximum absolute atomic E-state index is 12.7. The summed E-state index contributed by atoms with van der Waals surface area (Å²) >= 11 is 7.59. The topological polar surface area (TPSA) is 42.0 Å². The van der Waals surface area contributed by atoms with E-state index in [1.54, 1.807) is 0 Å². The van der Waals surface area contributed by atoms with E-state index in [1.165, 1.54) is 11.3 Å². The molecule has 122 valence electrons. The van der Waals surface area contributed by atoms with Gasteiger partial charge in [-0.3, -0.25) is 10.1 Å². The smallest absolute Gasteiger partial charge is 0.258 e. The number of thiazole rings is 1. The van der Waals surface area contributed by atoms with Crippen LogP contribution in [-0.4, -0.2) is 10.9 Å². The van der Waals surface area contributed by atoms with Crippen molar-refractivity contribution in [1.29, 1.82) is 0 Å². The highest BCUT2D eigenvalue weighted by molar-refractivity contribution is 7.14. The lowest BCUT2D eigenvalue weighted by Crippen LogP contribution is -2.12. The van der Waals surface area contributed by atoms with Gasteiger partial charge in [0, 0.05) is 21.5 Å². The van der Waals surface area contributed by atoms with Crippen molar-refractivity contribution in [1.82, 2.24) is 4.98 Å². The van der Waals surface area contributed by atoms with E-state index in [9.17, 15) is 4.79 Å². The number of fused-ring (bicyclic) bond motifs is 1. The third-order valence-corrected chi connectivity index (χ3v) is 5.00. The molecule has 3 nitrogen and oxygen atoms in total. The Bertz CT molecular complexity index is 1070. The van der Waals surface area contributed by atoms with Gasteiger partial charge in [-0.2, -0.15) is 0 Å². The molecule has 0 fully saturated rings. The number of carbonyl (C=O) groups is 1. The summed E-state index contributed by atoms with van der Waals surface area (Å²) in [5.41, 5.74) is 2.24. The fraction of sp³-hybridized carbons (Fsp3) is 0. The van der Waals surface area contributed by atoms with E-state index < -0.39 is 0 Å². The van der Waals surface area contributed by atoms with Crippen LogP contribution in [0, 0.1) is 0 Å². The number of nitrogens with zero attached hydrogens (tertiary/aromatic N) is 1. The molecule has 0 radical (unpaired) electrons. The van der Waals surface area contributed by atoms with Gasteiger partial charge in [0.15, 0.2) is 5.13 Å². The summed E-state index contributed by atoms with van der Waals surface area (Å²) in [5, 5.41) is 7.92. The Kier molecular flexibility index (Phi) is 4.22. The summed E-state index contributed by atoms with van der Waals surface area (Å²) < 4.78 is 0. The van der Waals surface area contributed by atoms with Crippen molar-refractivity contribution < 1.29 is 4.79 Å². The Morgan fingerprint density at radius 3 is 2.60 bits per heavy atom.